The SMILES string of the molecule is O=C([O-])c1ccccc1NC[C@H]1O[C@@H]2O[C@H]3[C@H](O)[C@@H](O)[C@@H](O[C@H]4[C@H](O)[C@@H](O)[C@@H](O[C@H]5[C@H](O)[C@@H](O)[C@@H](O[C@H]6[C@H](O)[C@@H](O)[C@@H](O[C@H]7[C@H](O)[C@@H](O)[C@@H](O[C@H]8[C@H](O)[C@@H](O)[C@@H](O[C@H]9[C@H](O)[C@@H](O)[C@@H](O[C@H]1[C@H](O)[C@H]2O)O[C@@H]9CO)O[C@@H]8CO)O[C@@H]7CO)O[C@@H]6CO)O[C@@H]5CO)O[C@@H]4CO)O[C@@H]3CNc1ccccc1C(=O)[O-].[Na+].[Na+]. The van der Waals surface area contributed by atoms with Gasteiger partial charge in [-0.1, -0.05) is 36.4 Å². The van der Waals surface area contributed by atoms with Gasteiger partial charge in [0, 0.05) is 35.6 Å². The van der Waals surface area contributed by atoms with Crippen LogP contribution in [0.5, 0.6) is 0 Å². The van der Waals surface area contributed by atoms with Crippen LogP contribution >= 0.6 is 0 Å². The van der Waals surface area contributed by atoms with E-state index in [-0.39, 0.29) is 70.5 Å². The Morgan fingerprint density at radius 3 is 0.583 bits per heavy atom. The maximum atomic E-state index is 12.3. The van der Waals surface area contributed by atoms with Crippen LogP contribution in [-0.2, 0) is 75.8 Å². The summed E-state index contributed by atoms with van der Waals surface area (Å²) in [7, 11) is 0. The van der Waals surface area contributed by atoms with E-state index >= 15 is 0 Å². The normalized spacial score (nSPS) is 46.9. The van der Waals surface area contributed by atoms with Crippen molar-refractivity contribution in [3.8, 4) is 0 Å². The van der Waals surface area contributed by atoms with Crippen LogP contribution in [0, 0.1) is 0 Å². The largest absolute Gasteiger partial charge is 1.00 e. The van der Waals surface area contributed by atoms with Crippen molar-refractivity contribution in [2.75, 3.05) is 63.4 Å². The molecule has 2 aromatic rings. The minimum Gasteiger partial charge on any atom is -0.545 e. The van der Waals surface area contributed by atoms with Gasteiger partial charge in [0.2, 0.25) is 0 Å². The van der Waals surface area contributed by atoms with Gasteiger partial charge >= 0.3 is 59.1 Å². The number of aliphatic hydroxyl groups excluding tert-OH is 22. The van der Waals surface area contributed by atoms with Crippen LogP contribution in [-0.4, -0.2) is 423 Å². The molecule has 44 nitrogen and oxygen atoms in total. The van der Waals surface area contributed by atoms with Crippen LogP contribution in [0.1, 0.15) is 20.7 Å². The predicted molar refractivity (Wildman–Crippen MR) is 325 cm³/mol. The number of anilines is 2. The molecule has 16 bridgehead atoms. The van der Waals surface area contributed by atoms with Crippen molar-refractivity contribution < 1.29 is 267 Å². The van der Waals surface area contributed by atoms with Crippen molar-refractivity contribution in [2.24, 2.45) is 0 Å². The first-order valence-electron chi connectivity index (χ1n) is 33.7. The number of carbonyl (C=O) groups excluding carboxylic acids is 2. The van der Waals surface area contributed by atoms with Crippen molar-refractivity contribution in [2.45, 2.75) is 246 Å². The molecule has 46 heteroatoms. The number of aliphatic hydroxyl groups is 22. The van der Waals surface area contributed by atoms with Gasteiger partial charge in [-0.3, -0.25) is 0 Å². The molecule has 0 amide bonds. The van der Waals surface area contributed by atoms with Gasteiger partial charge in [0.15, 0.2) is 50.3 Å². The van der Waals surface area contributed by atoms with Crippen molar-refractivity contribution in [3.05, 3.63) is 59.7 Å². The summed E-state index contributed by atoms with van der Waals surface area (Å²) in [6.07, 6.45) is -84.7. The molecule has 0 unspecified atom stereocenters. The second kappa shape index (κ2) is 38.9. The molecule has 108 heavy (non-hydrogen) atoms. The number of benzene rings is 2. The Morgan fingerprint density at radius 2 is 0.417 bits per heavy atom. The quantitative estimate of drug-likeness (QED) is 0.0781. The zero-order valence-electron chi connectivity index (χ0n) is 57.4. The van der Waals surface area contributed by atoms with Crippen LogP contribution in [0.15, 0.2) is 48.5 Å². The number of aromatic carboxylic acids is 2. The minimum atomic E-state index is -2.38. The summed E-state index contributed by atoms with van der Waals surface area (Å²) < 4.78 is 94.0. The van der Waals surface area contributed by atoms with Crippen molar-refractivity contribution in [1.82, 2.24) is 0 Å². The van der Waals surface area contributed by atoms with E-state index in [0.29, 0.717) is 0 Å². The van der Waals surface area contributed by atoms with E-state index in [2.05, 4.69) is 10.6 Å². The maximum absolute atomic E-state index is 12.3. The number of carboxylic acids is 2. The van der Waals surface area contributed by atoms with Crippen molar-refractivity contribution in [3.63, 3.8) is 0 Å². The number of para-hydroxylation sites is 2. The number of ether oxygens (including phenoxy) is 16. The summed E-state index contributed by atoms with van der Waals surface area (Å²) in [5, 5.41) is 281. The summed E-state index contributed by atoms with van der Waals surface area (Å²) in [5.74, 6) is -3.36. The summed E-state index contributed by atoms with van der Waals surface area (Å²) in [6.45, 7) is -8.09. The van der Waals surface area contributed by atoms with Gasteiger partial charge < -0.3 is 219 Å². The Labute approximate surface area is 655 Å². The average molecular weight is 1580 g/mol. The van der Waals surface area contributed by atoms with Gasteiger partial charge in [0.1, 0.15) is 195 Å². The number of rotatable bonds is 14. The first-order valence-corrected chi connectivity index (χ1v) is 33.7. The zero-order valence-corrected chi connectivity index (χ0v) is 61.4. The Morgan fingerprint density at radius 1 is 0.259 bits per heavy atom. The Kier molecular flexibility index (Phi) is 32.2. The van der Waals surface area contributed by atoms with E-state index < -0.39 is 321 Å². The molecule has 0 spiro atoms. The molecule has 30 aliphatic heterocycles. The summed E-state index contributed by atoms with van der Waals surface area (Å²) in [4.78, 5) is 24.5. The molecular formula is C62H88N2Na2O42. The van der Waals surface area contributed by atoms with E-state index in [9.17, 15) is 132 Å². The summed E-state index contributed by atoms with van der Waals surface area (Å²) in [5.41, 5.74) is -1.14. The molecule has 0 radical (unpaired) electrons. The molecule has 0 saturated carbocycles. The molecule has 600 valence electrons. The molecule has 40 atom stereocenters. The third kappa shape index (κ3) is 18.6. The Bertz CT molecular complexity index is 3100. The van der Waals surface area contributed by atoms with Crippen molar-refractivity contribution >= 4 is 23.3 Å². The molecule has 30 saturated heterocycles. The van der Waals surface area contributed by atoms with Gasteiger partial charge in [-0.25, -0.2) is 0 Å². The number of nitrogens with one attached hydrogen (secondary N) is 2. The number of hydrogen-bond donors (Lipinski definition) is 24. The fraction of sp³-hybridized carbons (Fsp3) is 0.774. The van der Waals surface area contributed by atoms with Gasteiger partial charge in [-0.05, 0) is 12.1 Å². The molecule has 2 aromatic carbocycles. The smallest absolute Gasteiger partial charge is 0.545 e. The second-order valence-electron chi connectivity index (χ2n) is 26.5. The van der Waals surface area contributed by atoms with E-state index in [4.69, 9.17) is 75.8 Å². The number of hydrogen-bond acceptors (Lipinski definition) is 44. The van der Waals surface area contributed by atoms with Crippen molar-refractivity contribution in [1.29, 1.82) is 0 Å². The van der Waals surface area contributed by atoms with Gasteiger partial charge in [0.05, 0.1) is 51.6 Å². The van der Waals surface area contributed by atoms with Crippen LogP contribution in [0.4, 0.5) is 11.4 Å². The average Bonchev–Trinajstić information content (AvgIpc) is 0.772. The molecule has 30 aliphatic rings. The van der Waals surface area contributed by atoms with Gasteiger partial charge in [-0.2, -0.15) is 0 Å². The van der Waals surface area contributed by atoms with E-state index in [1.807, 2.05) is 0 Å². The molecule has 32 rings (SSSR count). The van der Waals surface area contributed by atoms with Crippen LogP contribution in [0.25, 0.3) is 0 Å². The summed E-state index contributed by atoms with van der Waals surface area (Å²) in [6, 6.07) is 10.4. The molecular weight excluding hydrogens is 1490 g/mol. The molecule has 0 aromatic heterocycles. The standard InChI is InChI=1S/C62H90N2O42.2Na/c65-11-23-47-32(74)40(82)58(94-23)103-49-25(13-67)96-60(42(84)34(49)76)105-51-27(15-69)98-62(44(86)36(51)78)106-52-28(16-70)97-61(43(85)35(52)77)104-50-26(14-68)95-59(41(83)33(50)75)102-48-24(12-66)93-57(39(81)31(48)73)100-46-22(10-64-20-8-4-2-6-18(20)54(89)90)91-55(37(79)29(46)71)99-45-21(92-56(101-47)38(80)30(45)72)9-63-19-7-3-1-5-17(19)53(87)88;;/h1-8,21-52,55-86H,9-16H2,(H,87,88)(H,89,90);;/q;2*+1/p-2/t21-,22-,23-,24-,25-,26-,27-,28-,29-,30-,31-,32-,33-,34-,35-,36-,37-,38-,39-,40-,41-,42-,43-,44-,45-,46-,47-,48-,49-,50-,51-,52-,55-,56-,57-,58-,59-,60-,61-,62-;;/m1../s1. The van der Waals surface area contributed by atoms with Crippen LogP contribution in [0.3, 0.4) is 0 Å². The third-order valence-corrected chi connectivity index (χ3v) is 19.8. The monoisotopic (exact) mass is 1580 g/mol. The van der Waals surface area contributed by atoms with E-state index in [1.165, 1.54) is 36.4 Å². The Balaban J connectivity index is 0.00000673. The molecule has 30 fully saturated rings. The fourth-order valence-corrected chi connectivity index (χ4v) is 14.0. The first kappa shape index (κ1) is 89.4. The number of carbonyl (C=O) groups is 2. The van der Waals surface area contributed by atoms with Crippen LogP contribution < -0.4 is 80.0 Å². The van der Waals surface area contributed by atoms with Gasteiger partial charge in [-0.15, -0.1) is 0 Å². The van der Waals surface area contributed by atoms with E-state index in [1.54, 1.807) is 0 Å². The molecule has 30 heterocycles. The third-order valence-electron chi connectivity index (χ3n) is 19.8. The van der Waals surface area contributed by atoms with E-state index in [0.717, 1.165) is 12.1 Å². The minimum absolute atomic E-state index is 0. The maximum Gasteiger partial charge on any atom is 1.00 e. The zero-order chi connectivity index (χ0) is 76.6. The topological polar surface area (TPSA) is 697 Å². The Hall–Kier alpha value is -2.54. The van der Waals surface area contributed by atoms with Crippen LogP contribution in [0.2, 0.25) is 0 Å². The second-order valence-corrected chi connectivity index (χ2v) is 26.5. The number of carboxylic acid groups (broad SMARTS) is 2. The predicted octanol–water partition coefficient (Wildman–Crippen LogP) is -22.4. The van der Waals surface area contributed by atoms with Gasteiger partial charge in [0.25, 0.3) is 0 Å². The molecule has 0 aliphatic carbocycles. The summed E-state index contributed by atoms with van der Waals surface area (Å²) >= 11 is 0. The first-order chi connectivity index (χ1) is 50.6. The molecule has 24 N–H and O–H groups in total. The fourth-order valence-electron chi connectivity index (χ4n) is 14.0.